The molecule has 0 radical (unpaired) electrons. The van der Waals surface area contributed by atoms with Gasteiger partial charge in [-0.05, 0) is 55.9 Å². The SMILES string of the molecule is c1cc2c(cc1-c1nnc3c(n1)CCCC3)CCN2. The van der Waals surface area contributed by atoms with E-state index in [1.807, 2.05) is 0 Å². The van der Waals surface area contributed by atoms with E-state index in [4.69, 9.17) is 4.98 Å². The molecule has 0 saturated carbocycles. The second-order valence-corrected chi connectivity index (χ2v) is 5.28. The molecule has 96 valence electrons. The van der Waals surface area contributed by atoms with Crippen LogP contribution in [0, 0.1) is 0 Å². The third-order valence-electron chi connectivity index (χ3n) is 3.99. The first kappa shape index (κ1) is 10.9. The molecule has 1 aliphatic carbocycles. The molecule has 4 nitrogen and oxygen atoms in total. The summed E-state index contributed by atoms with van der Waals surface area (Å²) in [5, 5.41) is 12.0. The Kier molecular flexibility index (Phi) is 2.47. The molecular weight excluding hydrogens is 236 g/mol. The van der Waals surface area contributed by atoms with Crippen molar-refractivity contribution in [1.82, 2.24) is 15.2 Å². The lowest BCUT2D eigenvalue weighted by atomic mass is 10.0. The van der Waals surface area contributed by atoms with Gasteiger partial charge in [-0.3, -0.25) is 0 Å². The molecule has 19 heavy (non-hydrogen) atoms. The van der Waals surface area contributed by atoms with Crippen LogP contribution in [0.15, 0.2) is 18.2 Å². The molecule has 0 amide bonds. The summed E-state index contributed by atoms with van der Waals surface area (Å²) in [6, 6.07) is 6.41. The van der Waals surface area contributed by atoms with Crippen molar-refractivity contribution in [3.05, 3.63) is 35.2 Å². The van der Waals surface area contributed by atoms with Crippen molar-refractivity contribution in [2.45, 2.75) is 32.1 Å². The minimum atomic E-state index is 0.773. The van der Waals surface area contributed by atoms with Crippen molar-refractivity contribution in [2.75, 3.05) is 11.9 Å². The Balaban J connectivity index is 1.76. The quantitative estimate of drug-likeness (QED) is 0.846. The maximum absolute atomic E-state index is 4.71. The van der Waals surface area contributed by atoms with Crippen molar-refractivity contribution in [1.29, 1.82) is 0 Å². The lowest BCUT2D eigenvalue weighted by Gasteiger charge is -2.13. The second kappa shape index (κ2) is 4.30. The van der Waals surface area contributed by atoms with Gasteiger partial charge in [0.2, 0.25) is 0 Å². The summed E-state index contributed by atoms with van der Waals surface area (Å²) < 4.78 is 0. The number of benzene rings is 1. The number of aryl methyl sites for hydroxylation is 2. The predicted molar refractivity (Wildman–Crippen MR) is 74.1 cm³/mol. The summed E-state index contributed by atoms with van der Waals surface area (Å²) >= 11 is 0. The van der Waals surface area contributed by atoms with E-state index >= 15 is 0 Å². The van der Waals surface area contributed by atoms with Crippen LogP contribution in [0.5, 0.6) is 0 Å². The average Bonchev–Trinajstić information content (AvgIpc) is 2.94. The molecule has 1 N–H and O–H groups in total. The Hall–Kier alpha value is -1.97. The number of nitrogens with one attached hydrogen (secondary N) is 1. The van der Waals surface area contributed by atoms with Gasteiger partial charge in [-0.1, -0.05) is 0 Å². The summed E-state index contributed by atoms with van der Waals surface area (Å²) in [6.07, 6.45) is 5.60. The molecule has 0 saturated heterocycles. The predicted octanol–water partition coefficient (Wildman–Crippen LogP) is 2.39. The van der Waals surface area contributed by atoms with Crippen molar-refractivity contribution in [3.8, 4) is 11.4 Å². The second-order valence-electron chi connectivity index (χ2n) is 5.28. The van der Waals surface area contributed by atoms with Gasteiger partial charge in [-0.15, -0.1) is 5.10 Å². The fourth-order valence-corrected chi connectivity index (χ4v) is 2.93. The molecule has 4 rings (SSSR count). The lowest BCUT2D eigenvalue weighted by Crippen LogP contribution is -2.10. The minimum absolute atomic E-state index is 0.773. The highest BCUT2D eigenvalue weighted by Crippen LogP contribution is 2.27. The highest BCUT2D eigenvalue weighted by Gasteiger charge is 2.16. The minimum Gasteiger partial charge on any atom is -0.384 e. The fraction of sp³-hybridized carbons (Fsp3) is 0.400. The molecular formula is C15H16N4. The molecule has 4 heteroatoms. The number of rotatable bonds is 1. The first-order valence-electron chi connectivity index (χ1n) is 7.00. The molecule has 2 aliphatic rings. The van der Waals surface area contributed by atoms with Gasteiger partial charge >= 0.3 is 0 Å². The van der Waals surface area contributed by atoms with Gasteiger partial charge < -0.3 is 5.32 Å². The summed E-state index contributed by atoms with van der Waals surface area (Å²) in [4.78, 5) is 4.71. The van der Waals surface area contributed by atoms with Crippen LogP contribution in [-0.4, -0.2) is 21.7 Å². The Morgan fingerprint density at radius 2 is 1.84 bits per heavy atom. The van der Waals surface area contributed by atoms with Crippen LogP contribution >= 0.6 is 0 Å². The molecule has 1 aliphatic heterocycles. The number of hydrogen-bond donors (Lipinski definition) is 1. The summed E-state index contributed by atoms with van der Waals surface area (Å²) in [6.45, 7) is 1.03. The van der Waals surface area contributed by atoms with Crippen LogP contribution < -0.4 is 5.32 Å². The Bertz CT molecular complexity index is 636. The van der Waals surface area contributed by atoms with E-state index in [1.54, 1.807) is 0 Å². The zero-order valence-electron chi connectivity index (χ0n) is 10.8. The van der Waals surface area contributed by atoms with Crippen LogP contribution in [0.1, 0.15) is 29.8 Å². The van der Waals surface area contributed by atoms with Crippen LogP contribution in [0.3, 0.4) is 0 Å². The maximum Gasteiger partial charge on any atom is 0.182 e. The molecule has 0 atom stereocenters. The van der Waals surface area contributed by atoms with Gasteiger partial charge in [0.25, 0.3) is 0 Å². The van der Waals surface area contributed by atoms with Crippen molar-refractivity contribution < 1.29 is 0 Å². The number of aromatic nitrogens is 3. The van der Waals surface area contributed by atoms with E-state index in [0.717, 1.165) is 48.6 Å². The molecule has 0 unspecified atom stereocenters. The molecule has 1 aromatic carbocycles. The summed E-state index contributed by atoms with van der Waals surface area (Å²) in [7, 11) is 0. The zero-order valence-corrected chi connectivity index (χ0v) is 10.8. The van der Waals surface area contributed by atoms with Gasteiger partial charge in [-0.2, -0.15) is 5.10 Å². The number of nitrogens with zero attached hydrogens (tertiary/aromatic N) is 3. The van der Waals surface area contributed by atoms with E-state index in [1.165, 1.54) is 24.1 Å². The monoisotopic (exact) mass is 252 g/mol. The van der Waals surface area contributed by atoms with Crippen molar-refractivity contribution in [2.24, 2.45) is 0 Å². The van der Waals surface area contributed by atoms with E-state index in [9.17, 15) is 0 Å². The smallest absolute Gasteiger partial charge is 0.182 e. The Morgan fingerprint density at radius 1 is 0.947 bits per heavy atom. The van der Waals surface area contributed by atoms with Crippen LogP contribution in [0.25, 0.3) is 11.4 Å². The first-order chi connectivity index (χ1) is 9.40. The first-order valence-corrected chi connectivity index (χ1v) is 7.00. The fourth-order valence-electron chi connectivity index (χ4n) is 2.93. The molecule has 0 fully saturated rings. The summed E-state index contributed by atoms with van der Waals surface area (Å²) in [5.74, 6) is 0.773. The van der Waals surface area contributed by atoms with Crippen LogP contribution in [0.4, 0.5) is 5.69 Å². The van der Waals surface area contributed by atoms with Gasteiger partial charge in [0.1, 0.15) is 0 Å². The number of fused-ring (bicyclic) bond motifs is 2. The normalized spacial score (nSPS) is 16.6. The van der Waals surface area contributed by atoms with Crippen LogP contribution in [-0.2, 0) is 19.3 Å². The third kappa shape index (κ3) is 1.87. The standard InChI is InChI=1S/C15H16N4/c1-2-4-14-13(3-1)17-15(19-18-14)11-5-6-12-10(9-11)7-8-16-12/h5-6,9,16H,1-4,7-8H2. The van der Waals surface area contributed by atoms with E-state index in [-0.39, 0.29) is 0 Å². The highest BCUT2D eigenvalue weighted by molar-refractivity contribution is 5.65. The van der Waals surface area contributed by atoms with Crippen molar-refractivity contribution in [3.63, 3.8) is 0 Å². The largest absolute Gasteiger partial charge is 0.384 e. The zero-order chi connectivity index (χ0) is 12.7. The van der Waals surface area contributed by atoms with E-state index in [2.05, 4.69) is 33.7 Å². The molecule has 1 aromatic heterocycles. The van der Waals surface area contributed by atoms with Gasteiger partial charge in [0.15, 0.2) is 5.82 Å². The van der Waals surface area contributed by atoms with Gasteiger partial charge in [-0.25, -0.2) is 4.98 Å². The highest BCUT2D eigenvalue weighted by atomic mass is 15.2. The van der Waals surface area contributed by atoms with Crippen molar-refractivity contribution >= 4 is 5.69 Å². The molecule has 0 spiro atoms. The lowest BCUT2D eigenvalue weighted by molar-refractivity contribution is 0.634. The Labute approximate surface area is 112 Å². The summed E-state index contributed by atoms with van der Waals surface area (Å²) in [5.41, 5.74) is 5.93. The number of hydrogen-bond acceptors (Lipinski definition) is 4. The van der Waals surface area contributed by atoms with E-state index in [0.29, 0.717) is 0 Å². The number of anilines is 1. The van der Waals surface area contributed by atoms with Gasteiger partial charge in [0.05, 0.1) is 11.4 Å². The van der Waals surface area contributed by atoms with E-state index < -0.39 is 0 Å². The van der Waals surface area contributed by atoms with Crippen LogP contribution in [0.2, 0.25) is 0 Å². The molecule has 0 bridgehead atoms. The van der Waals surface area contributed by atoms with Gasteiger partial charge in [0, 0.05) is 17.8 Å². The molecule has 2 aromatic rings. The maximum atomic E-state index is 4.71. The molecule has 2 heterocycles. The Morgan fingerprint density at radius 3 is 2.79 bits per heavy atom. The third-order valence-corrected chi connectivity index (χ3v) is 3.99. The average molecular weight is 252 g/mol. The topological polar surface area (TPSA) is 50.7 Å².